The lowest BCUT2D eigenvalue weighted by atomic mass is 10.1. The number of aromatic nitrogens is 2. The van der Waals surface area contributed by atoms with Crippen molar-refractivity contribution in [3.05, 3.63) is 48.3 Å². The Balaban J connectivity index is 1.31. The molecule has 2 N–H and O–H groups in total. The van der Waals surface area contributed by atoms with Gasteiger partial charge in [-0.2, -0.15) is 0 Å². The van der Waals surface area contributed by atoms with E-state index >= 15 is 0 Å². The second kappa shape index (κ2) is 9.65. The maximum atomic E-state index is 6.23. The van der Waals surface area contributed by atoms with E-state index in [4.69, 9.17) is 15.9 Å². The van der Waals surface area contributed by atoms with Crippen molar-refractivity contribution in [3.8, 4) is 18.1 Å². The lowest BCUT2D eigenvalue weighted by Gasteiger charge is -2.34. The molecule has 5 rings (SSSR count). The number of fused-ring (bicyclic) bond motifs is 3. The Hall–Kier alpha value is -3.34. The van der Waals surface area contributed by atoms with Gasteiger partial charge in [0.2, 0.25) is 0 Å². The minimum atomic E-state index is 0.580. The minimum absolute atomic E-state index is 0.580. The molecule has 3 heterocycles. The number of benzene rings is 2. The average molecular weight is 444 g/mol. The number of nitrogens with zero attached hydrogens (tertiary/aromatic N) is 3. The fourth-order valence-electron chi connectivity index (χ4n) is 4.83. The number of hydrogen-bond acceptors (Lipinski definition) is 7. The Morgan fingerprint density at radius 3 is 2.82 bits per heavy atom. The highest BCUT2D eigenvalue weighted by Gasteiger charge is 2.36. The van der Waals surface area contributed by atoms with Crippen LogP contribution in [-0.4, -0.2) is 60.4 Å². The van der Waals surface area contributed by atoms with Crippen LogP contribution in [0.2, 0.25) is 0 Å². The second-order valence-electron chi connectivity index (χ2n) is 8.55. The molecule has 2 bridgehead atoms. The van der Waals surface area contributed by atoms with Crippen molar-refractivity contribution in [1.82, 2.24) is 14.9 Å². The van der Waals surface area contributed by atoms with Crippen molar-refractivity contribution in [2.45, 2.75) is 31.3 Å². The van der Waals surface area contributed by atoms with Crippen LogP contribution in [-0.2, 0) is 4.74 Å². The third-order valence-electron chi connectivity index (χ3n) is 6.51. The summed E-state index contributed by atoms with van der Waals surface area (Å²) >= 11 is 0. The van der Waals surface area contributed by atoms with Crippen LogP contribution >= 0.6 is 0 Å². The molecule has 2 saturated heterocycles. The topological polar surface area (TPSA) is 71.5 Å². The number of nitrogens with one attached hydrogen (secondary N) is 2. The van der Waals surface area contributed by atoms with E-state index in [0.29, 0.717) is 24.5 Å². The molecule has 0 radical (unpaired) electrons. The van der Waals surface area contributed by atoms with Crippen molar-refractivity contribution in [2.24, 2.45) is 0 Å². The normalized spacial score (nSPS) is 19.9. The van der Waals surface area contributed by atoms with Crippen molar-refractivity contribution in [3.63, 3.8) is 0 Å². The zero-order valence-corrected chi connectivity index (χ0v) is 18.9. The summed E-state index contributed by atoms with van der Waals surface area (Å²) in [5, 5.41) is 7.50. The van der Waals surface area contributed by atoms with Crippen molar-refractivity contribution in [2.75, 3.05) is 44.0 Å². The summed E-state index contributed by atoms with van der Waals surface area (Å²) in [7, 11) is 1.89. The molecule has 2 fully saturated rings. The molecule has 2 aromatic carbocycles. The average Bonchev–Trinajstić information content (AvgIpc) is 3.06. The van der Waals surface area contributed by atoms with Crippen LogP contribution < -0.4 is 15.4 Å². The highest BCUT2D eigenvalue weighted by atomic mass is 16.5. The molecule has 0 spiro atoms. The SMILES string of the molecule is C#Cc1cccc(Nc2ncnc3cc(NC)c(OCCCN4C5CCC4COC5)cc23)c1. The summed E-state index contributed by atoms with van der Waals surface area (Å²) < 4.78 is 11.9. The van der Waals surface area contributed by atoms with Gasteiger partial charge in [-0.05, 0) is 49.6 Å². The predicted octanol–water partition coefficient (Wildman–Crippen LogP) is 4.03. The monoisotopic (exact) mass is 443 g/mol. The van der Waals surface area contributed by atoms with Crippen molar-refractivity contribution >= 4 is 28.1 Å². The van der Waals surface area contributed by atoms with Gasteiger partial charge in [0.25, 0.3) is 0 Å². The van der Waals surface area contributed by atoms with Crippen LogP contribution in [0, 0.1) is 12.3 Å². The van der Waals surface area contributed by atoms with E-state index in [1.165, 1.54) is 12.8 Å². The highest BCUT2D eigenvalue weighted by Crippen LogP contribution is 2.33. The van der Waals surface area contributed by atoms with Gasteiger partial charge in [-0.15, -0.1) is 6.42 Å². The van der Waals surface area contributed by atoms with Gasteiger partial charge in [0.15, 0.2) is 0 Å². The molecule has 0 aliphatic carbocycles. The number of terminal acetylenes is 1. The van der Waals surface area contributed by atoms with E-state index in [-0.39, 0.29) is 0 Å². The molecule has 0 saturated carbocycles. The molecule has 0 amide bonds. The first-order chi connectivity index (χ1) is 16.2. The van der Waals surface area contributed by atoms with Gasteiger partial charge in [0.05, 0.1) is 31.0 Å². The standard InChI is InChI=1S/C26H29N5O2/c1-3-18-6-4-7-19(12-18)30-26-22-13-25(24(27-2)14-23(22)28-17-29-26)33-11-5-10-31-20-8-9-21(31)16-32-15-20/h1,4,6-7,12-14,17,20-21,27H,5,8-11,15-16H2,2H3,(H,28,29,30). The second-order valence-corrected chi connectivity index (χ2v) is 8.55. The van der Waals surface area contributed by atoms with Gasteiger partial charge in [0.1, 0.15) is 17.9 Å². The van der Waals surface area contributed by atoms with Gasteiger partial charge in [-0.1, -0.05) is 12.0 Å². The number of anilines is 3. The summed E-state index contributed by atoms with van der Waals surface area (Å²) in [6, 6.07) is 12.9. The van der Waals surface area contributed by atoms with E-state index in [1.807, 2.05) is 43.4 Å². The predicted molar refractivity (Wildman–Crippen MR) is 131 cm³/mol. The fourth-order valence-corrected chi connectivity index (χ4v) is 4.83. The fraction of sp³-hybridized carbons (Fsp3) is 0.385. The number of hydrogen-bond donors (Lipinski definition) is 2. The van der Waals surface area contributed by atoms with Crippen LogP contribution in [0.3, 0.4) is 0 Å². The third kappa shape index (κ3) is 4.58. The minimum Gasteiger partial charge on any atom is -0.491 e. The zero-order valence-electron chi connectivity index (χ0n) is 18.9. The highest BCUT2D eigenvalue weighted by molar-refractivity contribution is 5.94. The van der Waals surface area contributed by atoms with Gasteiger partial charge in [0, 0.05) is 42.3 Å². The van der Waals surface area contributed by atoms with E-state index in [0.717, 1.165) is 59.8 Å². The molecule has 2 aliphatic rings. The van der Waals surface area contributed by atoms with Gasteiger partial charge >= 0.3 is 0 Å². The van der Waals surface area contributed by atoms with E-state index in [1.54, 1.807) is 6.33 Å². The summed E-state index contributed by atoms with van der Waals surface area (Å²) in [5.41, 5.74) is 3.44. The Kier molecular flexibility index (Phi) is 6.29. The first-order valence-electron chi connectivity index (χ1n) is 11.5. The van der Waals surface area contributed by atoms with E-state index < -0.39 is 0 Å². The quantitative estimate of drug-likeness (QED) is 0.402. The van der Waals surface area contributed by atoms with Crippen LogP contribution in [0.1, 0.15) is 24.8 Å². The molecule has 1 aromatic heterocycles. The third-order valence-corrected chi connectivity index (χ3v) is 6.51. The van der Waals surface area contributed by atoms with Gasteiger partial charge in [-0.3, -0.25) is 4.90 Å². The molecular weight excluding hydrogens is 414 g/mol. The Labute approximate surface area is 194 Å². The summed E-state index contributed by atoms with van der Waals surface area (Å²) in [4.78, 5) is 11.5. The zero-order chi connectivity index (χ0) is 22.6. The first-order valence-corrected chi connectivity index (χ1v) is 11.5. The molecule has 33 heavy (non-hydrogen) atoms. The molecule has 7 nitrogen and oxygen atoms in total. The smallest absolute Gasteiger partial charge is 0.143 e. The molecule has 2 unspecified atom stereocenters. The summed E-state index contributed by atoms with van der Waals surface area (Å²) in [6.45, 7) is 3.43. The Bertz CT molecular complexity index is 1160. The van der Waals surface area contributed by atoms with Gasteiger partial charge in [-0.25, -0.2) is 9.97 Å². The lowest BCUT2D eigenvalue weighted by molar-refractivity contribution is -0.0160. The van der Waals surface area contributed by atoms with Crippen LogP contribution in [0.5, 0.6) is 5.75 Å². The van der Waals surface area contributed by atoms with Crippen LogP contribution in [0.15, 0.2) is 42.7 Å². The van der Waals surface area contributed by atoms with Crippen LogP contribution in [0.4, 0.5) is 17.2 Å². The van der Waals surface area contributed by atoms with Crippen molar-refractivity contribution in [1.29, 1.82) is 0 Å². The molecule has 170 valence electrons. The van der Waals surface area contributed by atoms with E-state index in [9.17, 15) is 0 Å². The first kappa shape index (κ1) is 21.5. The van der Waals surface area contributed by atoms with Crippen LogP contribution in [0.25, 0.3) is 10.9 Å². The molecule has 7 heteroatoms. The summed E-state index contributed by atoms with van der Waals surface area (Å²) in [6.07, 6.45) is 10.6. The molecule has 2 aliphatic heterocycles. The summed E-state index contributed by atoms with van der Waals surface area (Å²) in [5.74, 6) is 4.18. The van der Waals surface area contributed by atoms with E-state index in [2.05, 4.69) is 31.4 Å². The molecule has 3 aromatic rings. The number of rotatable bonds is 8. The molecular formula is C26H29N5O2. The maximum absolute atomic E-state index is 6.23. The maximum Gasteiger partial charge on any atom is 0.143 e. The Morgan fingerprint density at radius 1 is 1.18 bits per heavy atom. The largest absolute Gasteiger partial charge is 0.491 e. The lowest BCUT2D eigenvalue weighted by Crippen LogP contribution is -2.46. The number of morpholine rings is 1. The molecule has 2 atom stereocenters. The van der Waals surface area contributed by atoms with Crippen molar-refractivity contribution < 1.29 is 9.47 Å². The Morgan fingerprint density at radius 2 is 2.03 bits per heavy atom. The van der Waals surface area contributed by atoms with Gasteiger partial charge < -0.3 is 20.1 Å². The number of ether oxygens (including phenoxy) is 2.